The molecule has 2 amide bonds. The van der Waals surface area contributed by atoms with Crippen molar-refractivity contribution in [1.82, 2.24) is 10.4 Å². The standard InChI is InChI=1S/C19H21BrN4O3/c20-19-14(7-6-12-21-19)13-22-24-18(27)11-3-1-2-10-17(26)23-15-8-4-5-9-16(15)25/h4-9,12-13,25H,1-3,10-11H2,(H,23,26)(H,24,27)/b22-13-. The lowest BCUT2D eigenvalue weighted by molar-refractivity contribution is -0.121. The number of hydrogen-bond donors (Lipinski definition) is 3. The normalized spacial score (nSPS) is 10.7. The summed E-state index contributed by atoms with van der Waals surface area (Å²) in [7, 11) is 0. The Labute approximate surface area is 166 Å². The molecule has 27 heavy (non-hydrogen) atoms. The largest absolute Gasteiger partial charge is 0.506 e. The number of amides is 2. The maximum Gasteiger partial charge on any atom is 0.240 e. The van der Waals surface area contributed by atoms with Gasteiger partial charge in [-0.05, 0) is 53.0 Å². The first-order valence-corrected chi connectivity index (χ1v) is 9.36. The summed E-state index contributed by atoms with van der Waals surface area (Å²) >= 11 is 3.30. The molecule has 0 saturated carbocycles. The maximum atomic E-state index is 11.8. The molecule has 0 fully saturated rings. The van der Waals surface area contributed by atoms with Crippen molar-refractivity contribution in [3.63, 3.8) is 0 Å². The summed E-state index contributed by atoms with van der Waals surface area (Å²) in [6.45, 7) is 0. The fraction of sp³-hybridized carbons (Fsp3) is 0.263. The van der Waals surface area contributed by atoms with E-state index < -0.39 is 0 Å². The van der Waals surface area contributed by atoms with E-state index in [-0.39, 0.29) is 17.6 Å². The average molecular weight is 433 g/mol. The number of pyridine rings is 1. The minimum Gasteiger partial charge on any atom is -0.506 e. The van der Waals surface area contributed by atoms with Crippen molar-refractivity contribution in [3.8, 4) is 5.75 Å². The summed E-state index contributed by atoms with van der Waals surface area (Å²) in [5, 5.41) is 16.2. The first kappa shape index (κ1) is 20.6. The number of hydrazone groups is 1. The molecule has 8 heteroatoms. The fourth-order valence-electron chi connectivity index (χ4n) is 2.26. The van der Waals surface area contributed by atoms with Crippen LogP contribution in [0.4, 0.5) is 5.69 Å². The average Bonchev–Trinajstić information content (AvgIpc) is 2.65. The lowest BCUT2D eigenvalue weighted by atomic mass is 10.1. The zero-order valence-corrected chi connectivity index (χ0v) is 16.3. The second kappa shape index (κ2) is 11.1. The third-order valence-corrected chi connectivity index (χ3v) is 4.33. The number of nitrogens with zero attached hydrogens (tertiary/aromatic N) is 2. The van der Waals surface area contributed by atoms with Gasteiger partial charge in [-0.2, -0.15) is 5.10 Å². The van der Waals surface area contributed by atoms with Gasteiger partial charge in [-0.1, -0.05) is 18.6 Å². The molecule has 2 aromatic rings. The molecular formula is C19H21BrN4O3. The monoisotopic (exact) mass is 432 g/mol. The number of rotatable bonds is 9. The number of phenols is 1. The summed E-state index contributed by atoms with van der Waals surface area (Å²) in [5.41, 5.74) is 3.65. The molecule has 0 bridgehead atoms. The van der Waals surface area contributed by atoms with Gasteiger partial charge in [0.05, 0.1) is 11.9 Å². The van der Waals surface area contributed by atoms with Gasteiger partial charge in [-0.15, -0.1) is 0 Å². The van der Waals surface area contributed by atoms with Crippen LogP contribution in [0.3, 0.4) is 0 Å². The van der Waals surface area contributed by atoms with Crippen molar-refractivity contribution in [1.29, 1.82) is 0 Å². The second-order valence-corrected chi connectivity index (χ2v) is 6.55. The molecule has 2 rings (SSSR count). The summed E-state index contributed by atoms with van der Waals surface area (Å²) in [4.78, 5) is 27.6. The molecule has 1 aromatic heterocycles. The number of benzene rings is 1. The molecule has 0 aliphatic rings. The van der Waals surface area contributed by atoms with Crippen molar-refractivity contribution < 1.29 is 14.7 Å². The van der Waals surface area contributed by atoms with Crippen molar-refractivity contribution in [2.45, 2.75) is 32.1 Å². The van der Waals surface area contributed by atoms with Gasteiger partial charge in [0.25, 0.3) is 0 Å². The zero-order valence-electron chi connectivity index (χ0n) is 14.7. The highest BCUT2D eigenvalue weighted by Crippen LogP contribution is 2.21. The molecule has 0 radical (unpaired) electrons. The minimum absolute atomic E-state index is 0.0430. The van der Waals surface area contributed by atoms with Crippen LogP contribution in [0.2, 0.25) is 0 Å². The number of aromatic hydroxyl groups is 1. The van der Waals surface area contributed by atoms with Crippen LogP contribution >= 0.6 is 15.9 Å². The quantitative estimate of drug-likeness (QED) is 0.185. The first-order valence-electron chi connectivity index (χ1n) is 8.56. The Balaban J connectivity index is 1.58. The third kappa shape index (κ3) is 7.57. The summed E-state index contributed by atoms with van der Waals surface area (Å²) in [5.74, 6) is -0.293. The fourth-order valence-corrected chi connectivity index (χ4v) is 2.62. The van der Waals surface area contributed by atoms with Crippen LogP contribution in [0, 0.1) is 0 Å². The molecule has 1 aromatic carbocycles. The van der Waals surface area contributed by atoms with E-state index in [9.17, 15) is 14.7 Å². The van der Waals surface area contributed by atoms with Crippen molar-refractivity contribution in [3.05, 3.63) is 52.8 Å². The Morgan fingerprint density at radius 1 is 1.07 bits per heavy atom. The van der Waals surface area contributed by atoms with E-state index in [4.69, 9.17) is 0 Å². The van der Waals surface area contributed by atoms with Gasteiger partial charge in [0.15, 0.2) is 0 Å². The van der Waals surface area contributed by atoms with E-state index >= 15 is 0 Å². The number of phenolic OH excluding ortho intramolecular Hbond substituents is 1. The number of carbonyl (C=O) groups is 2. The predicted octanol–water partition coefficient (Wildman–Crippen LogP) is 3.59. The lowest BCUT2D eigenvalue weighted by Crippen LogP contribution is -2.17. The number of aromatic nitrogens is 1. The van der Waals surface area contributed by atoms with E-state index in [1.807, 2.05) is 6.07 Å². The van der Waals surface area contributed by atoms with E-state index in [0.717, 1.165) is 12.0 Å². The zero-order chi connectivity index (χ0) is 19.5. The Morgan fingerprint density at radius 2 is 1.81 bits per heavy atom. The number of halogens is 1. The van der Waals surface area contributed by atoms with Gasteiger partial charge in [-0.25, -0.2) is 10.4 Å². The van der Waals surface area contributed by atoms with Crippen molar-refractivity contribution in [2.75, 3.05) is 5.32 Å². The first-order chi connectivity index (χ1) is 13.1. The van der Waals surface area contributed by atoms with E-state index in [0.29, 0.717) is 36.0 Å². The van der Waals surface area contributed by atoms with Gasteiger partial charge >= 0.3 is 0 Å². The highest BCUT2D eigenvalue weighted by Gasteiger charge is 2.06. The molecule has 0 aliphatic heterocycles. The number of nitrogens with one attached hydrogen (secondary N) is 2. The molecule has 0 aliphatic carbocycles. The van der Waals surface area contributed by atoms with Gasteiger partial charge in [0, 0.05) is 24.6 Å². The number of para-hydroxylation sites is 2. The van der Waals surface area contributed by atoms with Crippen LogP contribution in [0.1, 0.15) is 37.7 Å². The van der Waals surface area contributed by atoms with E-state index in [1.54, 1.807) is 30.5 Å². The molecule has 1 heterocycles. The van der Waals surface area contributed by atoms with Crippen LogP contribution in [0.25, 0.3) is 0 Å². The number of hydrogen-bond acceptors (Lipinski definition) is 5. The third-order valence-electron chi connectivity index (χ3n) is 3.67. The molecule has 0 unspecified atom stereocenters. The molecule has 7 nitrogen and oxygen atoms in total. The molecule has 3 N–H and O–H groups in total. The van der Waals surface area contributed by atoms with Crippen LogP contribution in [-0.2, 0) is 9.59 Å². The highest BCUT2D eigenvalue weighted by molar-refractivity contribution is 9.10. The number of unbranched alkanes of at least 4 members (excludes halogenated alkanes) is 2. The summed E-state index contributed by atoms with van der Waals surface area (Å²) < 4.78 is 0.657. The topological polar surface area (TPSA) is 104 Å². The van der Waals surface area contributed by atoms with Gasteiger partial charge in [-0.3, -0.25) is 9.59 Å². The van der Waals surface area contributed by atoms with Gasteiger partial charge in [0.2, 0.25) is 11.8 Å². The van der Waals surface area contributed by atoms with Crippen LogP contribution < -0.4 is 10.7 Å². The van der Waals surface area contributed by atoms with Crippen molar-refractivity contribution >= 4 is 39.6 Å². The maximum absolute atomic E-state index is 11.8. The van der Waals surface area contributed by atoms with E-state index in [1.165, 1.54) is 12.3 Å². The Hall–Kier alpha value is -2.74. The van der Waals surface area contributed by atoms with Gasteiger partial charge in [0.1, 0.15) is 10.4 Å². The van der Waals surface area contributed by atoms with E-state index in [2.05, 4.69) is 36.8 Å². The van der Waals surface area contributed by atoms with Crippen LogP contribution in [0.15, 0.2) is 52.3 Å². The summed E-state index contributed by atoms with van der Waals surface area (Å²) in [6, 6.07) is 10.2. The van der Waals surface area contributed by atoms with Crippen molar-refractivity contribution in [2.24, 2.45) is 5.10 Å². The Kier molecular flexibility index (Phi) is 8.44. The summed E-state index contributed by atoms with van der Waals surface area (Å²) in [6.07, 6.45) is 5.94. The number of carbonyl (C=O) groups excluding carboxylic acids is 2. The van der Waals surface area contributed by atoms with Gasteiger partial charge < -0.3 is 10.4 Å². The molecule has 0 atom stereocenters. The SMILES string of the molecule is O=C(CCCCCC(=O)Nc1ccccc1O)N/N=C\c1cccnc1Br. The Bertz CT molecular complexity index is 811. The highest BCUT2D eigenvalue weighted by atomic mass is 79.9. The number of anilines is 1. The van der Waals surface area contributed by atoms with Crippen LogP contribution in [-0.4, -0.2) is 28.1 Å². The molecule has 142 valence electrons. The predicted molar refractivity (Wildman–Crippen MR) is 107 cm³/mol. The smallest absolute Gasteiger partial charge is 0.240 e. The minimum atomic E-state index is -0.176. The molecule has 0 spiro atoms. The Morgan fingerprint density at radius 3 is 2.56 bits per heavy atom. The lowest BCUT2D eigenvalue weighted by Gasteiger charge is -2.06. The molecular weight excluding hydrogens is 412 g/mol. The molecule has 0 saturated heterocycles. The van der Waals surface area contributed by atoms with Crippen LogP contribution in [0.5, 0.6) is 5.75 Å². The second-order valence-electron chi connectivity index (χ2n) is 5.80.